The fourth-order valence-corrected chi connectivity index (χ4v) is 4.62. The highest BCUT2D eigenvalue weighted by molar-refractivity contribution is 5.95. The number of likely N-dealkylation sites (tertiary alicyclic amines) is 1. The highest BCUT2D eigenvalue weighted by Crippen LogP contribution is 2.35. The SMILES string of the molecule is O=C(c1cccc(N2CCOCC2)c1)N1CCCC(CO)(Cc2ccc(F)cc2F)C1. The van der Waals surface area contributed by atoms with Crippen LogP contribution in [0.5, 0.6) is 0 Å². The average Bonchev–Trinajstić information content (AvgIpc) is 2.81. The fourth-order valence-electron chi connectivity index (χ4n) is 4.62. The molecule has 5 nitrogen and oxygen atoms in total. The number of halogens is 2. The number of ether oxygens (including phenoxy) is 1. The van der Waals surface area contributed by atoms with Crippen LogP contribution in [0.15, 0.2) is 42.5 Å². The van der Waals surface area contributed by atoms with E-state index < -0.39 is 17.0 Å². The topological polar surface area (TPSA) is 53.0 Å². The summed E-state index contributed by atoms with van der Waals surface area (Å²) in [5, 5.41) is 10.2. The van der Waals surface area contributed by atoms with Crippen molar-refractivity contribution in [1.29, 1.82) is 0 Å². The van der Waals surface area contributed by atoms with Gasteiger partial charge in [0.05, 0.1) is 19.8 Å². The molecule has 0 saturated carbocycles. The minimum Gasteiger partial charge on any atom is -0.396 e. The quantitative estimate of drug-likeness (QED) is 0.791. The maximum absolute atomic E-state index is 14.2. The Bertz CT molecular complexity index is 933. The second kappa shape index (κ2) is 9.32. The number of piperidine rings is 1. The van der Waals surface area contributed by atoms with Crippen LogP contribution in [-0.2, 0) is 11.2 Å². The van der Waals surface area contributed by atoms with Crippen LogP contribution in [0.1, 0.15) is 28.8 Å². The van der Waals surface area contributed by atoms with Crippen LogP contribution in [0.4, 0.5) is 14.5 Å². The molecule has 1 atom stereocenters. The van der Waals surface area contributed by atoms with E-state index >= 15 is 0 Å². The lowest BCUT2D eigenvalue weighted by molar-refractivity contribution is 0.0268. The van der Waals surface area contributed by atoms with E-state index in [2.05, 4.69) is 4.90 Å². The average molecular weight is 430 g/mol. The molecule has 166 valence electrons. The predicted octanol–water partition coefficient (Wildman–Crippen LogP) is 3.26. The van der Waals surface area contributed by atoms with Crippen molar-refractivity contribution in [2.24, 2.45) is 5.41 Å². The number of aliphatic hydroxyl groups excluding tert-OH is 1. The molecule has 2 fully saturated rings. The molecule has 1 N–H and O–H groups in total. The molecule has 31 heavy (non-hydrogen) atoms. The summed E-state index contributed by atoms with van der Waals surface area (Å²) in [6.07, 6.45) is 1.66. The van der Waals surface area contributed by atoms with Gasteiger partial charge in [0.2, 0.25) is 0 Å². The van der Waals surface area contributed by atoms with Crippen LogP contribution >= 0.6 is 0 Å². The lowest BCUT2D eigenvalue weighted by atomic mass is 9.75. The van der Waals surface area contributed by atoms with Crippen molar-refractivity contribution in [3.05, 3.63) is 65.2 Å². The summed E-state index contributed by atoms with van der Waals surface area (Å²) in [7, 11) is 0. The number of rotatable bonds is 5. The molecular weight excluding hydrogens is 402 g/mol. The normalized spacial score (nSPS) is 21.9. The number of morpholine rings is 1. The van der Waals surface area contributed by atoms with Crippen LogP contribution in [0.3, 0.4) is 0 Å². The fraction of sp³-hybridized carbons (Fsp3) is 0.458. The van der Waals surface area contributed by atoms with Gasteiger partial charge in [-0.15, -0.1) is 0 Å². The van der Waals surface area contributed by atoms with E-state index in [4.69, 9.17) is 4.74 Å². The first-order chi connectivity index (χ1) is 15.0. The third-order valence-electron chi connectivity index (χ3n) is 6.33. The summed E-state index contributed by atoms with van der Waals surface area (Å²) in [6, 6.07) is 11.1. The summed E-state index contributed by atoms with van der Waals surface area (Å²) in [6.45, 7) is 3.68. The van der Waals surface area contributed by atoms with Crippen LogP contribution < -0.4 is 4.90 Å². The second-order valence-electron chi connectivity index (χ2n) is 8.55. The molecule has 7 heteroatoms. The summed E-state index contributed by atoms with van der Waals surface area (Å²) in [4.78, 5) is 17.2. The Morgan fingerprint density at radius 3 is 2.65 bits per heavy atom. The first-order valence-electron chi connectivity index (χ1n) is 10.8. The number of nitrogens with zero attached hydrogens (tertiary/aromatic N) is 2. The maximum Gasteiger partial charge on any atom is 0.253 e. The van der Waals surface area contributed by atoms with Gasteiger partial charge in [0.15, 0.2) is 0 Å². The highest BCUT2D eigenvalue weighted by atomic mass is 19.1. The standard InChI is InChI=1S/C24H28F2N2O3/c25-20-6-5-19(22(26)14-20)15-24(17-29)7-2-8-28(16-24)23(30)18-3-1-4-21(13-18)27-9-11-31-12-10-27/h1,3-6,13-14,29H,2,7-12,15-17H2. The van der Waals surface area contributed by atoms with Crippen LogP contribution in [0.25, 0.3) is 0 Å². The summed E-state index contributed by atoms with van der Waals surface area (Å²) >= 11 is 0. The van der Waals surface area contributed by atoms with E-state index in [-0.39, 0.29) is 18.9 Å². The zero-order chi connectivity index (χ0) is 21.8. The zero-order valence-electron chi connectivity index (χ0n) is 17.5. The van der Waals surface area contributed by atoms with Gasteiger partial charge in [-0.25, -0.2) is 8.78 Å². The molecule has 0 bridgehead atoms. The molecule has 2 aromatic carbocycles. The summed E-state index contributed by atoms with van der Waals surface area (Å²) < 4.78 is 32.9. The van der Waals surface area contributed by atoms with Crippen molar-refractivity contribution in [3.63, 3.8) is 0 Å². The molecule has 0 spiro atoms. The number of hydrogen-bond donors (Lipinski definition) is 1. The predicted molar refractivity (Wildman–Crippen MR) is 114 cm³/mol. The number of benzene rings is 2. The maximum atomic E-state index is 14.2. The molecule has 2 aliphatic heterocycles. The molecule has 2 saturated heterocycles. The molecule has 1 unspecified atom stereocenters. The van der Waals surface area contributed by atoms with Crippen molar-refractivity contribution < 1.29 is 23.4 Å². The first-order valence-corrected chi connectivity index (χ1v) is 10.8. The molecule has 0 aliphatic carbocycles. The van der Waals surface area contributed by atoms with E-state index in [0.29, 0.717) is 43.9 Å². The van der Waals surface area contributed by atoms with Crippen molar-refractivity contribution >= 4 is 11.6 Å². The van der Waals surface area contributed by atoms with E-state index in [1.807, 2.05) is 18.2 Å². The van der Waals surface area contributed by atoms with Gasteiger partial charge in [0, 0.05) is 48.9 Å². The minimum atomic E-state index is -0.644. The highest BCUT2D eigenvalue weighted by Gasteiger charge is 2.38. The summed E-state index contributed by atoms with van der Waals surface area (Å²) in [5.74, 6) is -1.33. The van der Waals surface area contributed by atoms with E-state index in [0.717, 1.165) is 31.3 Å². The van der Waals surface area contributed by atoms with Gasteiger partial charge in [0.1, 0.15) is 11.6 Å². The molecule has 0 radical (unpaired) electrons. The molecule has 2 aromatic rings. The Balaban J connectivity index is 1.51. The van der Waals surface area contributed by atoms with Crippen molar-refractivity contribution in [2.75, 3.05) is 50.9 Å². The summed E-state index contributed by atoms with van der Waals surface area (Å²) in [5.41, 5.74) is 1.31. The third kappa shape index (κ3) is 4.88. The van der Waals surface area contributed by atoms with Gasteiger partial charge in [-0.2, -0.15) is 0 Å². The molecular formula is C24H28F2N2O3. The van der Waals surface area contributed by atoms with Crippen LogP contribution in [0.2, 0.25) is 0 Å². The van der Waals surface area contributed by atoms with E-state index in [1.165, 1.54) is 12.1 Å². The molecule has 1 amide bonds. The molecule has 2 heterocycles. The number of anilines is 1. The number of carbonyl (C=O) groups is 1. The van der Waals surface area contributed by atoms with Gasteiger partial charge in [0.25, 0.3) is 5.91 Å². The smallest absolute Gasteiger partial charge is 0.253 e. The molecule has 2 aliphatic rings. The van der Waals surface area contributed by atoms with Gasteiger partial charge in [-0.05, 0) is 49.1 Å². The van der Waals surface area contributed by atoms with Crippen molar-refractivity contribution in [3.8, 4) is 0 Å². The Morgan fingerprint density at radius 1 is 1.10 bits per heavy atom. The Kier molecular flexibility index (Phi) is 6.53. The van der Waals surface area contributed by atoms with Crippen LogP contribution in [0, 0.1) is 17.0 Å². The minimum absolute atomic E-state index is 0.0905. The van der Waals surface area contributed by atoms with Gasteiger partial charge in [-0.1, -0.05) is 12.1 Å². The van der Waals surface area contributed by atoms with Crippen molar-refractivity contribution in [2.45, 2.75) is 19.3 Å². The Morgan fingerprint density at radius 2 is 1.90 bits per heavy atom. The van der Waals surface area contributed by atoms with E-state index in [9.17, 15) is 18.7 Å². The van der Waals surface area contributed by atoms with Gasteiger partial charge < -0.3 is 19.6 Å². The molecule has 4 rings (SSSR count). The number of amides is 1. The second-order valence-corrected chi connectivity index (χ2v) is 8.55. The lowest BCUT2D eigenvalue weighted by Gasteiger charge is -2.42. The van der Waals surface area contributed by atoms with Gasteiger partial charge >= 0.3 is 0 Å². The Hall–Kier alpha value is -2.51. The zero-order valence-corrected chi connectivity index (χ0v) is 17.5. The number of hydrogen-bond acceptors (Lipinski definition) is 4. The molecule has 0 aromatic heterocycles. The Labute approximate surface area is 181 Å². The third-order valence-corrected chi connectivity index (χ3v) is 6.33. The van der Waals surface area contributed by atoms with Gasteiger partial charge in [-0.3, -0.25) is 4.79 Å². The van der Waals surface area contributed by atoms with Crippen molar-refractivity contribution in [1.82, 2.24) is 4.90 Å². The number of aliphatic hydroxyl groups is 1. The van der Waals surface area contributed by atoms with E-state index in [1.54, 1.807) is 11.0 Å². The monoisotopic (exact) mass is 430 g/mol. The lowest BCUT2D eigenvalue weighted by Crippen LogP contribution is -2.49. The number of carbonyl (C=O) groups excluding carboxylic acids is 1. The largest absolute Gasteiger partial charge is 0.396 e. The first kappa shape index (κ1) is 21.7. The van der Waals surface area contributed by atoms with Crippen LogP contribution in [-0.4, -0.2) is 61.9 Å².